The third kappa shape index (κ3) is 2.96. The van der Waals surface area contributed by atoms with Gasteiger partial charge in [-0.1, -0.05) is 37.7 Å². The summed E-state index contributed by atoms with van der Waals surface area (Å²) in [5, 5.41) is 7.48. The van der Waals surface area contributed by atoms with E-state index < -0.39 is 0 Å². The predicted octanol–water partition coefficient (Wildman–Crippen LogP) is 4.16. The van der Waals surface area contributed by atoms with Crippen LogP contribution in [0.4, 0.5) is 5.69 Å². The fourth-order valence-electron chi connectivity index (χ4n) is 2.48. The first kappa shape index (κ1) is 13.4. The van der Waals surface area contributed by atoms with E-state index in [1.165, 1.54) is 11.8 Å². The normalized spacial score (nSPS) is 18.6. The number of aromatic nitrogens is 1. The van der Waals surface area contributed by atoms with Gasteiger partial charge < -0.3 is 5.32 Å². The number of nitrogens with zero attached hydrogens (tertiary/aromatic N) is 2. The highest BCUT2D eigenvalue weighted by Crippen LogP contribution is 2.29. The van der Waals surface area contributed by atoms with E-state index in [-0.39, 0.29) is 0 Å². The van der Waals surface area contributed by atoms with Crippen molar-refractivity contribution < 1.29 is 0 Å². The monoisotopic (exact) mass is 285 g/mol. The summed E-state index contributed by atoms with van der Waals surface area (Å²) < 4.78 is 0. The smallest absolute Gasteiger partial charge is 0.161 e. The molecule has 3 nitrogen and oxygen atoms in total. The van der Waals surface area contributed by atoms with Crippen LogP contribution in [0.25, 0.3) is 10.8 Å². The number of nitrogens with one attached hydrogen (secondary N) is 1. The Morgan fingerprint density at radius 2 is 2.25 bits per heavy atom. The van der Waals surface area contributed by atoms with Crippen LogP contribution < -0.4 is 5.32 Å². The van der Waals surface area contributed by atoms with Crippen LogP contribution in [0.15, 0.2) is 41.7 Å². The maximum atomic E-state index is 4.63. The molecule has 1 N–H and O–H groups in total. The number of amidine groups is 1. The van der Waals surface area contributed by atoms with Crippen LogP contribution in [-0.4, -0.2) is 21.9 Å². The number of anilines is 1. The van der Waals surface area contributed by atoms with E-state index in [4.69, 9.17) is 0 Å². The van der Waals surface area contributed by atoms with Crippen LogP contribution in [0.3, 0.4) is 0 Å². The first-order chi connectivity index (χ1) is 9.72. The molecule has 2 heterocycles. The number of benzene rings is 1. The number of hydrogen-bond acceptors (Lipinski definition) is 4. The second-order valence-corrected chi connectivity index (χ2v) is 6.83. The summed E-state index contributed by atoms with van der Waals surface area (Å²) in [6.45, 7) is 5.46. The lowest BCUT2D eigenvalue weighted by Gasteiger charge is -2.12. The number of rotatable bonds is 3. The second-order valence-electron chi connectivity index (χ2n) is 5.54. The van der Waals surface area contributed by atoms with Gasteiger partial charge in [0.1, 0.15) is 0 Å². The highest BCUT2D eigenvalue weighted by atomic mass is 32.2. The van der Waals surface area contributed by atoms with Crippen LogP contribution in [-0.2, 0) is 0 Å². The van der Waals surface area contributed by atoms with Crippen molar-refractivity contribution >= 4 is 33.4 Å². The van der Waals surface area contributed by atoms with Crippen molar-refractivity contribution in [3.05, 3.63) is 36.7 Å². The van der Waals surface area contributed by atoms with Gasteiger partial charge in [-0.2, -0.15) is 0 Å². The molecule has 0 saturated heterocycles. The second kappa shape index (κ2) is 5.83. The highest BCUT2D eigenvalue weighted by molar-refractivity contribution is 8.15. The summed E-state index contributed by atoms with van der Waals surface area (Å²) in [5.74, 6) is 0.727. The van der Waals surface area contributed by atoms with Crippen LogP contribution in [0.1, 0.15) is 20.3 Å². The zero-order chi connectivity index (χ0) is 13.9. The molecule has 1 unspecified atom stereocenters. The Balaban J connectivity index is 1.75. The lowest BCUT2D eigenvalue weighted by molar-refractivity contribution is 0.575. The Morgan fingerprint density at radius 3 is 3.10 bits per heavy atom. The van der Waals surface area contributed by atoms with Crippen molar-refractivity contribution in [2.75, 3.05) is 11.9 Å². The number of thioether (sulfide) groups is 1. The summed E-state index contributed by atoms with van der Waals surface area (Å²) in [4.78, 5) is 8.79. The van der Waals surface area contributed by atoms with Crippen molar-refractivity contribution in [3.63, 3.8) is 0 Å². The minimum Gasteiger partial charge on any atom is -0.334 e. The molecule has 3 rings (SSSR count). The van der Waals surface area contributed by atoms with Gasteiger partial charge in [-0.15, -0.1) is 0 Å². The Morgan fingerprint density at radius 1 is 1.35 bits per heavy atom. The zero-order valence-electron chi connectivity index (χ0n) is 11.8. The van der Waals surface area contributed by atoms with E-state index in [1.54, 1.807) is 0 Å². The van der Waals surface area contributed by atoms with E-state index in [0.29, 0.717) is 5.25 Å². The van der Waals surface area contributed by atoms with Crippen LogP contribution >= 0.6 is 11.8 Å². The first-order valence-electron chi connectivity index (χ1n) is 7.03. The third-order valence-corrected chi connectivity index (χ3v) is 4.50. The average molecular weight is 285 g/mol. The van der Waals surface area contributed by atoms with Gasteiger partial charge in [0.25, 0.3) is 0 Å². The van der Waals surface area contributed by atoms with Crippen molar-refractivity contribution in [2.45, 2.75) is 25.5 Å². The van der Waals surface area contributed by atoms with Crippen molar-refractivity contribution in [1.82, 2.24) is 4.98 Å². The minimum absolute atomic E-state index is 0.620. The SMILES string of the molecule is CC(C)CC1CN=C(Nc2cccc3cnccc23)S1. The van der Waals surface area contributed by atoms with Gasteiger partial charge in [0.05, 0.1) is 6.54 Å². The number of fused-ring (bicyclic) bond motifs is 1. The molecule has 1 aliphatic rings. The molecule has 0 aliphatic carbocycles. The van der Waals surface area contributed by atoms with E-state index in [1.807, 2.05) is 30.2 Å². The first-order valence-corrected chi connectivity index (χ1v) is 7.91. The van der Waals surface area contributed by atoms with E-state index in [0.717, 1.165) is 28.7 Å². The average Bonchev–Trinajstić information content (AvgIpc) is 2.86. The lowest BCUT2D eigenvalue weighted by atomic mass is 10.1. The van der Waals surface area contributed by atoms with Gasteiger partial charge in [0.15, 0.2) is 5.17 Å². The molecule has 20 heavy (non-hydrogen) atoms. The Hall–Kier alpha value is -1.55. The number of pyridine rings is 1. The largest absolute Gasteiger partial charge is 0.334 e. The van der Waals surface area contributed by atoms with Crippen molar-refractivity contribution in [3.8, 4) is 0 Å². The van der Waals surface area contributed by atoms with Crippen LogP contribution in [0.2, 0.25) is 0 Å². The van der Waals surface area contributed by atoms with Crippen LogP contribution in [0.5, 0.6) is 0 Å². The minimum atomic E-state index is 0.620. The van der Waals surface area contributed by atoms with Gasteiger partial charge in [-0.3, -0.25) is 9.98 Å². The van der Waals surface area contributed by atoms with Gasteiger partial charge in [-0.05, 0) is 24.5 Å². The molecule has 104 valence electrons. The summed E-state index contributed by atoms with van der Waals surface area (Å²) in [6.07, 6.45) is 4.95. The van der Waals surface area contributed by atoms with Gasteiger partial charge in [-0.25, -0.2) is 0 Å². The quantitative estimate of drug-likeness (QED) is 0.920. The zero-order valence-corrected chi connectivity index (χ0v) is 12.7. The Bertz CT molecular complexity index is 631. The fraction of sp³-hybridized carbons (Fsp3) is 0.375. The number of hydrogen-bond donors (Lipinski definition) is 1. The van der Waals surface area contributed by atoms with Gasteiger partial charge >= 0.3 is 0 Å². The van der Waals surface area contributed by atoms with E-state index in [2.05, 4.69) is 47.3 Å². The molecule has 4 heteroatoms. The maximum Gasteiger partial charge on any atom is 0.161 e. The van der Waals surface area contributed by atoms with Gasteiger partial charge in [0.2, 0.25) is 0 Å². The molecule has 1 atom stereocenters. The highest BCUT2D eigenvalue weighted by Gasteiger charge is 2.20. The Kier molecular flexibility index (Phi) is 3.92. The molecule has 0 saturated carbocycles. The molecule has 0 fully saturated rings. The third-order valence-electron chi connectivity index (χ3n) is 3.37. The molecular formula is C16H19N3S. The summed E-state index contributed by atoms with van der Waals surface area (Å²) in [5.41, 5.74) is 1.11. The summed E-state index contributed by atoms with van der Waals surface area (Å²) >= 11 is 1.87. The van der Waals surface area contributed by atoms with Crippen molar-refractivity contribution in [2.24, 2.45) is 10.9 Å². The van der Waals surface area contributed by atoms with Gasteiger partial charge in [0, 0.05) is 34.1 Å². The maximum absolute atomic E-state index is 4.63. The molecule has 0 radical (unpaired) electrons. The predicted molar refractivity (Wildman–Crippen MR) is 88.5 cm³/mol. The molecule has 1 aromatic carbocycles. The molecule has 0 bridgehead atoms. The molecule has 1 aromatic heterocycles. The molecule has 1 aliphatic heterocycles. The number of aliphatic imine (C=N–C) groups is 1. The fourth-order valence-corrected chi connectivity index (χ4v) is 3.75. The lowest BCUT2D eigenvalue weighted by Crippen LogP contribution is -2.09. The Labute approximate surface area is 123 Å². The topological polar surface area (TPSA) is 37.3 Å². The van der Waals surface area contributed by atoms with Crippen molar-refractivity contribution in [1.29, 1.82) is 0 Å². The van der Waals surface area contributed by atoms with E-state index in [9.17, 15) is 0 Å². The molecule has 2 aromatic rings. The summed E-state index contributed by atoms with van der Waals surface area (Å²) in [6, 6.07) is 8.28. The summed E-state index contributed by atoms with van der Waals surface area (Å²) in [7, 11) is 0. The molecule has 0 spiro atoms. The molecule has 0 amide bonds. The standard InChI is InChI=1S/C16H19N3S/c1-11(2)8-13-10-18-16(20-13)19-15-5-3-4-12-9-17-7-6-14(12)15/h3-7,9,11,13H,8,10H2,1-2H3,(H,18,19). The van der Waals surface area contributed by atoms with Crippen LogP contribution in [0, 0.1) is 5.92 Å². The van der Waals surface area contributed by atoms with E-state index >= 15 is 0 Å². The molecular weight excluding hydrogens is 266 g/mol.